The summed E-state index contributed by atoms with van der Waals surface area (Å²) < 4.78 is 111. The van der Waals surface area contributed by atoms with E-state index in [4.69, 9.17) is 30.4 Å². The van der Waals surface area contributed by atoms with Gasteiger partial charge in [0.2, 0.25) is 0 Å². The van der Waals surface area contributed by atoms with Crippen LogP contribution in [0.3, 0.4) is 0 Å². The van der Waals surface area contributed by atoms with E-state index in [9.17, 15) is 55.1 Å². The average Bonchev–Trinajstić information content (AvgIpc) is 3.97. The highest BCUT2D eigenvalue weighted by Gasteiger charge is 2.38. The fraction of sp³-hybridized carbons (Fsp3) is 0.577. The summed E-state index contributed by atoms with van der Waals surface area (Å²) in [6.07, 6.45) is -12.3. The van der Waals surface area contributed by atoms with Crippen LogP contribution in [-0.2, 0) is 57.1 Å². The molecule has 0 spiro atoms. The number of benzene rings is 2. The van der Waals surface area contributed by atoms with Crippen molar-refractivity contribution in [3.63, 3.8) is 0 Å². The van der Waals surface area contributed by atoms with Gasteiger partial charge in [-0.25, -0.2) is 19.6 Å². The Morgan fingerprint density at radius 2 is 0.905 bits per heavy atom. The molecule has 4 N–H and O–H groups in total. The Hall–Kier alpha value is -6.16. The lowest BCUT2D eigenvalue weighted by molar-refractivity contribution is -0.138. The Balaban J connectivity index is 1.50. The number of carbonyl (C=O) groups is 6. The lowest BCUT2D eigenvalue weighted by Crippen LogP contribution is -2.36. The maximum atomic E-state index is 14.6. The third-order valence-electron chi connectivity index (χ3n) is 11.8. The van der Waals surface area contributed by atoms with E-state index < -0.39 is 119 Å². The number of hydrogen-bond donors (Lipinski definition) is 2. The maximum Gasteiger partial charge on any atom is 0.416 e. The first-order chi connectivity index (χ1) is 34.5. The third-order valence-corrected chi connectivity index (χ3v) is 11.8. The first kappa shape index (κ1) is 58.7. The second-order valence-electron chi connectivity index (χ2n) is 20.6. The van der Waals surface area contributed by atoms with Crippen molar-refractivity contribution in [1.82, 2.24) is 19.8 Å². The van der Waals surface area contributed by atoms with E-state index in [2.05, 4.69) is 9.97 Å². The molecule has 2 aromatic carbocycles. The average molecular weight is 1050 g/mol. The van der Waals surface area contributed by atoms with Crippen molar-refractivity contribution in [2.24, 2.45) is 11.5 Å². The normalized spacial score (nSPS) is 16.3. The zero-order valence-corrected chi connectivity index (χ0v) is 42.6. The standard InChI is InChI=1S/C52H66F6N6O10/c1-49(2,3)73-47(69)63-17-13-39(28-63)71-45-31(23-37(65)11-7-9-15-59)19-35(51(53,54)55)21-33(45)25-43(67)41-27-42(62-30-61-41)44(68)26-34-22-36(52(56,57)58)20-32(24-38(66)12-8-10-16-60)46(34)72-40-14-18-64(29-40)48(70)74-50(4,5)6/h19-22,27,30,39-40H,7-18,23-26,28-29,59-60H2,1-6H3/t39-,40-/m1/s1. The summed E-state index contributed by atoms with van der Waals surface area (Å²) >= 11 is 0. The molecule has 1 aromatic heterocycles. The number of nitrogens with zero attached hydrogens (tertiary/aromatic N) is 4. The number of nitrogens with two attached hydrogens (primary N) is 2. The summed E-state index contributed by atoms with van der Waals surface area (Å²) in [7, 11) is 0. The van der Waals surface area contributed by atoms with Gasteiger partial charge in [0.05, 0.1) is 24.2 Å². The van der Waals surface area contributed by atoms with Crippen LogP contribution in [0.2, 0.25) is 0 Å². The maximum absolute atomic E-state index is 14.6. The van der Waals surface area contributed by atoms with Crippen LogP contribution in [-0.4, -0.2) is 118 Å². The van der Waals surface area contributed by atoms with Gasteiger partial charge < -0.3 is 40.2 Å². The Bertz CT molecular complexity index is 2360. The molecule has 0 saturated carbocycles. The minimum Gasteiger partial charge on any atom is -0.488 e. The van der Waals surface area contributed by atoms with Crippen molar-refractivity contribution in [2.45, 2.75) is 154 Å². The zero-order valence-electron chi connectivity index (χ0n) is 42.6. The molecule has 2 saturated heterocycles. The van der Waals surface area contributed by atoms with Gasteiger partial charge in [-0.3, -0.25) is 19.2 Å². The molecular formula is C52H66F6N6O10. The molecule has 3 aromatic rings. The van der Waals surface area contributed by atoms with E-state index in [0.717, 1.165) is 36.7 Å². The van der Waals surface area contributed by atoms with Crippen LogP contribution in [0.1, 0.15) is 147 Å². The number of rotatable bonds is 22. The number of hydrogen-bond acceptors (Lipinski definition) is 14. The molecule has 2 aliphatic rings. The number of likely N-dealkylation sites (tertiary alicyclic amines) is 2. The fourth-order valence-electron chi connectivity index (χ4n) is 8.35. The van der Waals surface area contributed by atoms with Gasteiger partial charge in [0, 0.05) is 86.7 Å². The smallest absolute Gasteiger partial charge is 0.416 e. The number of Topliss-reactive ketones (excluding diaryl/α,β-unsaturated/α-hetero) is 4. The minimum atomic E-state index is -4.94. The molecule has 406 valence electrons. The first-order valence-corrected chi connectivity index (χ1v) is 24.6. The van der Waals surface area contributed by atoms with E-state index in [1.165, 1.54) is 9.80 Å². The van der Waals surface area contributed by atoms with Crippen LogP contribution in [0.25, 0.3) is 0 Å². The predicted molar refractivity (Wildman–Crippen MR) is 258 cm³/mol. The van der Waals surface area contributed by atoms with Gasteiger partial charge >= 0.3 is 24.5 Å². The molecule has 5 rings (SSSR count). The minimum absolute atomic E-state index is 0.00478. The molecular weight excluding hydrogens is 983 g/mol. The molecule has 16 nitrogen and oxygen atoms in total. The lowest BCUT2D eigenvalue weighted by atomic mass is 9.94. The van der Waals surface area contributed by atoms with Gasteiger partial charge in [-0.05, 0) is 111 Å². The van der Waals surface area contributed by atoms with Crippen LogP contribution >= 0.6 is 0 Å². The van der Waals surface area contributed by atoms with Crippen LogP contribution in [0, 0.1) is 0 Å². The molecule has 0 bridgehead atoms. The highest BCUT2D eigenvalue weighted by atomic mass is 19.4. The van der Waals surface area contributed by atoms with Crippen molar-refractivity contribution in [3.05, 3.63) is 81.4 Å². The summed E-state index contributed by atoms with van der Waals surface area (Å²) in [5.41, 5.74) is 5.42. The van der Waals surface area contributed by atoms with Crippen molar-refractivity contribution in [2.75, 3.05) is 39.3 Å². The zero-order chi connectivity index (χ0) is 54.8. The lowest BCUT2D eigenvalue weighted by Gasteiger charge is -2.25. The fourth-order valence-corrected chi connectivity index (χ4v) is 8.35. The monoisotopic (exact) mass is 1050 g/mol. The summed E-state index contributed by atoms with van der Waals surface area (Å²) in [6.45, 7) is 11.0. The van der Waals surface area contributed by atoms with Crippen LogP contribution in [0.5, 0.6) is 11.5 Å². The summed E-state index contributed by atoms with van der Waals surface area (Å²) in [5, 5.41) is 0. The number of amides is 2. The van der Waals surface area contributed by atoms with Gasteiger partial charge in [-0.15, -0.1) is 0 Å². The second-order valence-corrected chi connectivity index (χ2v) is 20.6. The Morgan fingerprint density at radius 1 is 0.554 bits per heavy atom. The number of unbranched alkanes of at least 4 members (excludes halogenated alkanes) is 2. The third kappa shape index (κ3) is 17.5. The molecule has 3 heterocycles. The number of aromatic nitrogens is 2. The molecule has 22 heteroatoms. The number of ether oxygens (including phenoxy) is 4. The van der Waals surface area contributed by atoms with E-state index in [-0.39, 0.29) is 85.6 Å². The highest BCUT2D eigenvalue weighted by Crippen LogP contribution is 2.40. The molecule has 0 radical (unpaired) electrons. The van der Waals surface area contributed by atoms with Crippen molar-refractivity contribution in [1.29, 1.82) is 0 Å². The van der Waals surface area contributed by atoms with Crippen molar-refractivity contribution in [3.8, 4) is 11.5 Å². The van der Waals surface area contributed by atoms with Crippen molar-refractivity contribution < 1.29 is 74.1 Å². The molecule has 0 aliphatic carbocycles. The molecule has 2 fully saturated rings. The quantitative estimate of drug-likeness (QED) is 0.0546. The van der Waals surface area contributed by atoms with E-state index in [1.54, 1.807) is 41.5 Å². The molecule has 0 unspecified atom stereocenters. The first-order valence-electron chi connectivity index (χ1n) is 24.6. The van der Waals surface area contributed by atoms with Gasteiger partial charge in [-0.2, -0.15) is 26.3 Å². The molecule has 2 amide bonds. The molecule has 2 atom stereocenters. The SMILES string of the molecule is CC(C)(C)OC(=O)N1CC[C@@H](Oc2c(CC(=O)CCCCN)cc(C(F)(F)F)cc2CC(=O)c2cc(C(=O)Cc3cc(C(F)(F)F)cc(CC(=O)CCCCN)c3O[C@@H]3CCN(C(=O)OC(C)(C)C)C3)ncn2)C1. The molecule has 74 heavy (non-hydrogen) atoms. The highest BCUT2D eigenvalue weighted by molar-refractivity contribution is 6.01. The largest absolute Gasteiger partial charge is 0.488 e. The van der Waals surface area contributed by atoms with Crippen LogP contribution in [0.4, 0.5) is 35.9 Å². The van der Waals surface area contributed by atoms with E-state index in [1.807, 2.05) is 0 Å². The van der Waals surface area contributed by atoms with Gasteiger partial charge in [0.15, 0.2) is 11.6 Å². The topological polar surface area (TPSA) is 224 Å². The van der Waals surface area contributed by atoms with Crippen molar-refractivity contribution >= 4 is 35.3 Å². The Kier molecular flexibility index (Phi) is 19.8. The van der Waals surface area contributed by atoms with E-state index >= 15 is 0 Å². The summed E-state index contributed by atoms with van der Waals surface area (Å²) in [6, 6.07) is 3.96. The van der Waals surface area contributed by atoms with Crippen LogP contribution < -0.4 is 20.9 Å². The Morgan fingerprint density at radius 3 is 1.23 bits per heavy atom. The summed E-state index contributed by atoms with van der Waals surface area (Å²) in [5.74, 6) is -3.02. The number of carbonyl (C=O) groups excluding carboxylic acids is 6. The molecule has 2 aliphatic heterocycles. The predicted octanol–water partition coefficient (Wildman–Crippen LogP) is 8.62. The van der Waals surface area contributed by atoms with Gasteiger partial charge in [0.1, 0.15) is 64.2 Å². The second kappa shape index (κ2) is 24.9. The van der Waals surface area contributed by atoms with Gasteiger partial charge in [0.25, 0.3) is 0 Å². The number of halogens is 6. The number of ketones is 4. The Labute approximate surface area is 426 Å². The van der Waals surface area contributed by atoms with E-state index in [0.29, 0.717) is 38.8 Å². The number of alkyl halides is 6. The van der Waals surface area contributed by atoms with Gasteiger partial charge in [-0.1, -0.05) is 0 Å². The van der Waals surface area contributed by atoms with Crippen LogP contribution in [0.15, 0.2) is 36.7 Å². The summed E-state index contributed by atoms with van der Waals surface area (Å²) in [4.78, 5) is 91.3.